The number of aromatic nitrogens is 1. The molecule has 0 aliphatic carbocycles. The number of rotatable bonds is 5. The Hall–Kier alpha value is -3.58. The van der Waals surface area contributed by atoms with Crippen LogP contribution in [-0.4, -0.2) is 24.0 Å². The van der Waals surface area contributed by atoms with Crippen molar-refractivity contribution < 1.29 is 14.3 Å². The summed E-state index contributed by atoms with van der Waals surface area (Å²) in [7, 11) is 1.50. The van der Waals surface area contributed by atoms with Crippen LogP contribution < -0.4 is 20.7 Å². The van der Waals surface area contributed by atoms with Crippen molar-refractivity contribution in [3.8, 4) is 5.75 Å². The summed E-state index contributed by atoms with van der Waals surface area (Å²) < 4.78 is 5.21. The third kappa shape index (κ3) is 4.77. The summed E-state index contributed by atoms with van der Waals surface area (Å²) in [4.78, 5) is 28.7. The predicted octanol–water partition coefficient (Wildman–Crippen LogP) is 4.64. The topological polar surface area (TPSA) is 92.4 Å². The standard InChI is InChI=1S/C20H17ClN4O3/c1-28-18-9-8-14(21)11-17(18)25-20(27)24-16-7-3-2-6-15(16)23-19(26)13-5-4-10-22-12-13/h2-12H,1H3,(H,23,26)(H2,24,25,27). The molecule has 3 aromatic rings. The smallest absolute Gasteiger partial charge is 0.323 e. The van der Waals surface area contributed by atoms with Gasteiger partial charge in [0.05, 0.1) is 29.7 Å². The summed E-state index contributed by atoms with van der Waals surface area (Å²) in [6.07, 6.45) is 3.05. The lowest BCUT2D eigenvalue weighted by Crippen LogP contribution is -2.21. The lowest BCUT2D eigenvalue weighted by atomic mass is 10.2. The Morgan fingerprint density at radius 1 is 0.929 bits per heavy atom. The van der Waals surface area contributed by atoms with Crippen LogP contribution in [0, 0.1) is 0 Å². The summed E-state index contributed by atoms with van der Waals surface area (Å²) in [5.41, 5.74) is 1.71. The van der Waals surface area contributed by atoms with Gasteiger partial charge in [-0.25, -0.2) is 4.79 Å². The lowest BCUT2D eigenvalue weighted by molar-refractivity contribution is 0.102. The zero-order valence-corrected chi connectivity index (χ0v) is 15.7. The molecule has 3 rings (SSSR count). The normalized spacial score (nSPS) is 10.1. The number of carbonyl (C=O) groups is 2. The summed E-state index contributed by atoms with van der Waals surface area (Å²) >= 11 is 5.98. The van der Waals surface area contributed by atoms with E-state index < -0.39 is 6.03 Å². The van der Waals surface area contributed by atoms with Crippen LogP contribution in [0.15, 0.2) is 67.0 Å². The molecule has 3 N–H and O–H groups in total. The van der Waals surface area contributed by atoms with Gasteiger partial charge in [-0.2, -0.15) is 0 Å². The third-order valence-corrected chi connectivity index (χ3v) is 3.99. The second-order valence-electron chi connectivity index (χ2n) is 5.67. The van der Waals surface area contributed by atoms with Crippen molar-refractivity contribution in [2.45, 2.75) is 0 Å². The number of para-hydroxylation sites is 2. The Morgan fingerprint density at radius 2 is 1.64 bits per heavy atom. The molecule has 3 amide bonds. The quantitative estimate of drug-likeness (QED) is 0.585. The number of benzene rings is 2. The van der Waals surface area contributed by atoms with Gasteiger partial charge in [-0.15, -0.1) is 0 Å². The van der Waals surface area contributed by atoms with Gasteiger partial charge in [-0.1, -0.05) is 23.7 Å². The highest BCUT2D eigenvalue weighted by Gasteiger charge is 2.12. The molecule has 1 heterocycles. The number of amides is 3. The van der Waals surface area contributed by atoms with Crippen molar-refractivity contribution in [3.05, 3.63) is 77.6 Å². The average molecular weight is 397 g/mol. The number of methoxy groups -OCH3 is 1. The molecule has 0 saturated heterocycles. The van der Waals surface area contributed by atoms with Crippen molar-refractivity contribution in [2.24, 2.45) is 0 Å². The fourth-order valence-corrected chi connectivity index (χ4v) is 2.62. The number of halogens is 1. The van der Waals surface area contributed by atoms with Crippen LogP contribution in [0.2, 0.25) is 5.02 Å². The summed E-state index contributed by atoms with van der Waals surface area (Å²) in [5.74, 6) is 0.136. The molecular formula is C20H17ClN4O3. The van der Waals surface area contributed by atoms with E-state index in [1.807, 2.05) is 0 Å². The largest absolute Gasteiger partial charge is 0.495 e. The maximum absolute atomic E-state index is 12.4. The highest BCUT2D eigenvalue weighted by Crippen LogP contribution is 2.28. The van der Waals surface area contributed by atoms with Crippen molar-refractivity contribution in [1.29, 1.82) is 0 Å². The number of nitrogens with zero attached hydrogens (tertiary/aromatic N) is 1. The van der Waals surface area contributed by atoms with Gasteiger partial charge in [0, 0.05) is 17.4 Å². The minimum Gasteiger partial charge on any atom is -0.495 e. The molecule has 0 spiro atoms. The Morgan fingerprint density at radius 3 is 2.32 bits per heavy atom. The van der Waals surface area contributed by atoms with Gasteiger partial charge in [0.2, 0.25) is 0 Å². The van der Waals surface area contributed by atoms with Crippen LogP contribution >= 0.6 is 11.6 Å². The number of pyridine rings is 1. The Bertz CT molecular complexity index is 996. The van der Waals surface area contributed by atoms with E-state index in [2.05, 4.69) is 20.9 Å². The first-order valence-electron chi connectivity index (χ1n) is 8.29. The van der Waals surface area contributed by atoms with Gasteiger partial charge in [0.1, 0.15) is 5.75 Å². The number of urea groups is 1. The van der Waals surface area contributed by atoms with Gasteiger partial charge < -0.3 is 20.7 Å². The van der Waals surface area contributed by atoms with Crippen molar-refractivity contribution in [1.82, 2.24) is 4.98 Å². The third-order valence-electron chi connectivity index (χ3n) is 3.76. The molecule has 142 valence electrons. The number of ether oxygens (including phenoxy) is 1. The highest BCUT2D eigenvalue weighted by molar-refractivity contribution is 6.31. The van der Waals surface area contributed by atoms with E-state index >= 15 is 0 Å². The number of anilines is 3. The fourth-order valence-electron chi connectivity index (χ4n) is 2.45. The number of nitrogens with one attached hydrogen (secondary N) is 3. The van der Waals surface area contributed by atoms with Crippen LogP contribution in [0.4, 0.5) is 21.9 Å². The second-order valence-corrected chi connectivity index (χ2v) is 6.10. The van der Waals surface area contributed by atoms with Crippen molar-refractivity contribution in [2.75, 3.05) is 23.1 Å². The highest BCUT2D eigenvalue weighted by atomic mass is 35.5. The number of hydrogen-bond donors (Lipinski definition) is 3. The van der Waals surface area contributed by atoms with Crippen LogP contribution in [0.25, 0.3) is 0 Å². The SMILES string of the molecule is COc1ccc(Cl)cc1NC(=O)Nc1ccccc1NC(=O)c1cccnc1. The van der Waals surface area contributed by atoms with E-state index in [-0.39, 0.29) is 5.91 Å². The van der Waals surface area contributed by atoms with E-state index in [4.69, 9.17) is 16.3 Å². The molecule has 0 fully saturated rings. The Labute approximate surface area is 166 Å². The van der Waals surface area contributed by atoms with Gasteiger partial charge >= 0.3 is 6.03 Å². The monoisotopic (exact) mass is 396 g/mol. The summed E-state index contributed by atoms with van der Waals surface area (Å²) in [6.45, 7) is 0. The first kappa shape index (κ1) is 19.2. The van der Waals surface area contributed by atoms with Crippen LogP contribution in [0.3, 0.4) is 0 Å². The lowest BCUT2D eigenvalue weighted by Gasteiger charge is -2.14. The summed E-state index contributed by atoms with van der Waals surface area (Å²) in [5, 5.41) is 8.61. The number of carbonyl (C=O) groups excluding carboxylic acids is 2. The molecule has 28 heavy (non-hydrogen) atoms. The molecule has 0 aliphatic rings. The second kappa shape index (κ2) is 8.88. The van der Waals surface area contributed by atoms with E-state index in [1.165, 1.54) is 13.3 Å². The molecule has 0 unspecified atom stereocenters. The maximum atomic E-state index is 12.4. The van der Waals surface area contributed by atoms with Gasteiger partial charge in [-0.3, -0.25) is 9.78 Å². The molecule has 0 atom stereocenters. The van der Waals surface area contributed by atoms with Gasteiger partial charge in [-0.05, 0) is 42.5 Å². The van der Waals surface area contributed by atoms with Gasteiger partial charge in [0.25, 0.3) is 5.91 Å². The molecule has 0 radical (unpaired) electrons. The molecule has 0 bridgehead atoms. The molecule has 8 heteroatoms. The van der Waals surface area contributed by atoms with E-state index in [0.29, 0.717) is 33.4 Å². The first-order valence-corrected chi connectivity index (χ1v) is 8.66. The predicted molar refractivity (Wildman–Crippen MR) is 109 cm³/mol. The fraction of sp³-hybridized carbons (Fsp3) is 0.0500. The summed E-state index contributed by atoms with van der Waals surface area (Å²) in [6, 6.07) is 14.6. The zero-order chi connectivity index (χ0) is 19.9. The Kier molecular flexibility index (Phi) is 6.08. The van der Waals surface area contributed by atoms with Crippen molar-refractivity contribution in [3.63, 3.8) is 0 Å². The Balaban J connectivity index is 1.74. The maximum Gasteiger partial charge on any atom is 0.323 e. The molecular weight excluding hydrogens is 380 g/mol. The first-order chi connectivity index (χ1) is 13.6. The average Bonchev–Trinajstić information content (AvgIpc) is 2.70. The van der Waals surface area contributed by atoms with E-state index in [9.17, 15) is 9.59 Å². The van der Waals surface area contributed by atoms with E-state index in [1.54, 1.807) is 60.8 Å². The van der Waals surface area contributed by atoms with E-state index in [0.717, 1.165) is 0 Å². The number of hydrogen-bond acceptors (Lipinski definition) is 4. The zero-order valence-electron chi connectivity index (χ0n) is 14.9. The molecule has 7 nitrogen and oxygen atoms in total. The minimum atomic E-state index is -0.511. The van der Waals surface area contributed by atoms with Gasteiger partial charge in [0.15, 0.2) is 0 Å². The van der Waals surface area contributed by atoms with Crippen LogP contribution in [-0.2, 0) is 0 Å². The van der Waals surface area contributed by atoms with Crippen LogP contribution in [0.1, 0.15) is 10.4 Å². The molecule has 1 aromatic heterocycles. The molecule has 0 saturated carbocycles. The minimum absolute atomic E-state index is 0.334. The van der Waals surface area contributed by atoms with Crippen molar-refractivity contribution >= 4 is 40.6 Å². The van der Waals surface area contributed by atoms with Crippen LogP contribution in [0.5, 0.6) is 5.75 Å². The molecule has 0 aliphatic heterocycles. The molecule has 2 aromatic carbocycles.